The number of aromatic nitrogens is 5. The topological polar surface area (TPSA) is 48.5 Å². The first-order valence-corrected chi connectivity index (χ1v) is 22.6. The Morgan fingerprint density at radius 2 is 0.765 bits per heavy atom. The van der Waals surface area contributed by atoms with Gasteiger partial charge in [-0.25, -0.2) is 4.98 Å². The molecule has 10 aromatic carbocycles. The molecule has 0 aliphatic carbocycles. The highest BCUT2D eigenvalue weighted by molar-refractivity contribution is 6.24. The van der Waals surface area contributed by atoms with Crippen LogP contribution in [0.4, 0.5) is 0 Å². The number of benzene rings is 10. The van der Waals surface area contributed by atoms with Crippen molar-refractivity contribution in [1.29, 1.82) is 0 Å². The summed E-state index contributed by atoms with van der Waals surface area (Å²) in [5.74, 6) is 1.42. The monoisotopic (exact) mass is 872 g/mol. The molecule has 0 saturated heterocycles. The summed E-state index contributed by atoms with van der Waals surface area (Å²) in [6, 6.07) is 72.1. The summed E-state index contributed by atoms with van der Waals surface area (Å²) in [6.07, 6.45) is 0. The summed E-state index contributed by atoms with van der Waals surface area (Å²) >= 11 is 0. The summed E-state index contributed by atoms with van der Waals surface area (Å²) < 4.78 is 49.2. The third kappa shape index (κ3) is 6.68. The molecule has 318 valence electrons. The van der Waals surface area contributed by atoms with Crippen LogP contribution in [0.25, 0.3) is 123 Å². The zero-order valence-electron chi connectivity index (χ0n) is 41.5. The second-order valence-corrected chi connectivity index (χ2v) is 16.8. The first-order chi connectivity index (χ1) is 35.8. The molecule has 0 aliphatic heterocycles. The fraction of sp³-hybridized carbons (Fsp3) is 0. The smallest absolute Gasteiger partial charge is 0.238 e. The predicted octanol–water partition coefficient (Wildman–Crippen LogP) is 16.1. The van der Waals surface area contributed by atoms with Crippen LogP contribution in [0.2, 0.25) is 0 Å². The van der Waals surface area contributed by atoms with Gasteiger partial charge in [-0.15, -0.1) is 0 Å². The molecule has 13 rings (SSSR count). The van der Waals surface area contributed by atoms with Crippen LogP contribution in [0.1, 0.15) is 6.85 Å². The zero-order valence-corrected chi connectivity index (χ0v) is 36.5. The third-order valence-corrected chi connectivity index (χ3v) is 12.8. The Kier molecular flexibility index (Phi) is 8.22. The van der Waals surface area contributed by atoms with Crippen LogP contribution in [0, 0.1) is 0 Å². The Hall–Kier alpha value is -9.19. The molecule has 3 aromatic heterocycles. The molecule has 0 aliphatic rings. The van der Waals surface area contributed by atoms with E-state index in [4.69, 9.17) is 19.1 Å². The molecule has 0 N–H and O–H groups in total. The summed E-state index contributed by atoms with van der Waals surface area (Å²) in [4.78, 5) is 16.1. The van der Waals surface area contributed by atoms with Gasteiger partial charge in [0.1, 0.15) is 0 Å². The molecule has 0 saturated carbocycles. The number of nitrogens with zero attached hydrogens (tertiary/aromatic N) is 5. The van der Waals surface area contributed by atoms with Crippen molar-refractivity contribution in [2.45, 2.75) is 0 Å². The van der Waals surface area contributed by atoms with E-state index in [9.17, 15) is 2.74 Å². The summed E-state index contributed by atoms with van der Waals surface area (Å²) in [5.41, 5.74) is 12.2. The van der Waals surface area contributed by atoms with Gasteiger partial charge in [0.2, 0.25) is 5.95 Å². The minimum absolute atomic E-state index is 0.111. The van der Waals surface area contributed by atoms with E-state index in [0.717, 1.165) is 88.1 Å². The van der Waals surface area contributed by atoms with E-state index in [1.807, 2.05) is 140 Å². The van der Waals surface area contributed by atoms with Crippen molar-refractivity contribution in [2.24, 2.45) is 0 Å². The van der Waals surface area contributed by atoms with Crippen molar-refractivity contribution < 1.29 is 6.85 Å². The molecule has 13 aromatic rings. The van der Waals surface area contributed by atoms with E-state index < -0.39 is 18.1 Å². The van der Waals surface area contributed by atoms with E-state index in [2.05, 4.69) is 88.0 Å². The van der Waals surface area contributed by atoms with Gasteiger partial charge in [-0.3, -0.25) is 4.57 Å². The minimum Gasteiger partial charge on any atom is -0.307 e. The van der Waals surface area contributed by atoms with Crippen molar-refractivity contribution in [3.8, 4) is 78.9 Å². The molecule has 0 fully saturated rings. The maximum atomic E-state index is 9.34. The standard InChI is InChI=1S/C63H41N5/c1-6-20-42(21-7-1)47-34-37-58(55(41-47)45-26-12-4-13-27-45)67-56-32-18-16-30-51(56)53-35-36-54-52-31-17-19-33-57(52)68(60(54)59(53)67)63-65-61(46-28-14-5-15-29-46)64-62(66-63)50-39-48(43-22-8-2-9-23-43)38-49(40-50)44-24-10-3-11-25-44/h1-41H/i4D,12D,13D,26D,27D. The molecule has 3 heterocycles. The SMILES string of the molecule is [2H]c1c([2H])c([2H])c(-c2cc(-c3ccccc3)ccc2-n2c3ccccc3c3ccc4c5ccccc5n(-c5nc(-c6ccccc6)nc(-c6cc(-c7ccccc7)cc(-c7ccccc7)c6)n5)c4c32)c([2H])c1[2H]. The van der Waals surface area contributed by atoms with Gasteiger partial charge in [0.25, 0.3) is 0 Å². The van der Waals surface area contributed by atoms with E-state index >= 15 is 0 Å². The normalized spacial score (nSPS) is 12.6. The van der Waals surface area contributed by atoms with Crippen LogP contribution >= 0.6 is 0 Å². The maximum Gasteiger partial charge on any atom is 0.238 e. The first-order valence-electron chi connectivity index (χ1n) is 25.1. The molecule has 0 unspecified atom stereocenters. The number of rotatable bonds is 8. The van der Waals surface area contributed by atoms with Gasteiger partial charge >= 0.3 is 0 Å². The van der Waals surface area contributed by atoms with E-state index in [-0.39, 0.29) is 17.6 Å². The van der Waals surface area contributed by atoms with Gasteiger partial charge in [0, 0.05) is 38.2 Å². The van der Waals surface area contributed by atoms with Crippen LogP contribution in [0.15, 0.2) is 249 Å². The van der Waals surface area contributed by atoms with Crippen LogP contribution in [0.5, 0.6) is 0 Å². The molecular formula is C63H41N5. The molecule has 0 spiro atoms. The molecule has 0 radical (unpaired) electrons. The summed E-state index contributed by atoms with van der Waals surface area (Å²) in [7, 11) is 0. The molecule has 0 atom stereocenters. The fourth-order valence-corrected chi connectivity index (χ4v) is 9.75. The van der Waals surface area contributed by atoms with Crippen molar-refractivity contribution in [3.05, 3.63) is 249 Å². The lowest BCUT2D eigenvalue weighted by Gasteiger charge is -2.17. The molecule has 0 bridgehead atoms. The van der Waals surface area contributed by atoms with Gasteiger partial charge < -0.3 is 4.57 Å². The summed E-state index contributed by atoms with van der Waals surface area (Å²) in [6.45, 7) is 0. The van der Waals surface area contributed by atoms with Crippen molar-refractivity contribution >= 4 is 43.6 Å². The van der Waals surface area contributed by atoms with Gasteiger partial charge in [-0.2, -0.15) is 9.97 Å². The van der Waals surface area contributed by atoms with Gasteiger partial charge in [-0.05, 0) is 81.4 Å². The van der Waals surface area contributed by atoms with E-state index in [1.165, 1.54) is 0 Å². The lowest BCUT2D eigenvalue weighted by atomic mass is 9.96. The second kappa shape index (κ2) is 16.4. The van der Waals surface area contributed by atoms with Gasteiger partial charge in [0.05, 0.1) is 34.6 Å². The minimum atomic E-state index is -0.447. The largest absolute Gasteiger partial charge is 0.307 e. The molecule has 0 amide bonds. The molecule has 5 heteroatoms. The maximum absolute atomic E-state index is 9.34. The van der Waals surface area contributed by atoms with Crippen molar-refractivity contribution in [3.63, 3.8) is 0 Å². The Labute approximate surface area is 400 Å². The number of hydrogen-bond acceptors (Lipinski definition) is 3. The van der Waals surface area contributed by atoms with E-state index in [1.54, 1.807) is 0 Å². The van der Waals surface area contributed by atoms with Gasteiger partial charge in [0.15, 0.2) is 11.6 Å². The zero-order chi connectivity index (χ0) is 49.3. The average Bonchev–Trinajstić information content (AvgIpc) is 3.98. The number of para-hydroxylation sites is 2. The molecule has 5 nitrogen and oxygen atoms in total. The number of fused-ring (bicyclic) bond motifs is 7. The van der Waals surface area contributed by atoms with Crippen molar-refractivity contribution in [1.82, 2.24) is 24.1 Å². The van der Waals surface area contributed by atoms with Crippen LogP contribution in [-0.4, -0.2) is 24.1 Å². The van der Waals surface area contributed by atoms with Crippen LogP contribution < -0.4 is 0 Å². The Balaban J connectivity index is 1.16. The third-order valence-electron chi connectivity index (χ3n) is 12.8. The predicted molar refractivity (Wildman–Crippen MR) is 281 cm³/mol. The van der Waals surface area contributed by atoms with Gasteiger partial charge in [-0.1, -0.05) is 206 Å². The number of hydrogen-bond donors (Lipinski definition) is 0. The average molecular weight is 873 g/mol. The van der Waals surface area contributed by atoms with Crippen LogP contribution in [-0.2, 0) is 0 Å². The van der Waals surface area contributed by atoms with E-state index in [0.29, 0.717) is 28.8 Å². The Morgan fingerprint density at radius 3 is 1.34 bits per heavy atom. The fourth-order valence-electron chi connectivity index (χ4n) is 9.75. The highest BCUT2D eigenvalue weighted by Gasteiger charge is 2.25. The van der Waals surface area contributed by atoms with Crippen molar-refractivity contribution in [2.75, 3.05) is 0 Å². The first kappa shape index (κ1) is 34.2. The second-order valence-electron chi connectivity index (χ2n) is 16.8. The quantitative estimate of drug-likeness (QED) is 0.153. The highest BCUT2D eigenvalue weighted by atomic mass is 15.2. The lowest BCUT2D eigenvalue weighted by molar-refractivity contribution is 0.953. The molecule has 68 heavy (non-hydrogen) atoms. The van der Waals surface area contributed by atoms with Crippen LogP contribution in [0.3, 0.4) is 0 Å². The lowest BCUT2D eigenvalue weighted by Crippen LogP contribution is -2.07. The highest BCUT2D eigenvalue weighted by Crippen LogP contribution is 2.44. The summed E-state index contributed by atoms with van der Waals surface area (Å²) in [5, 5.41) is 3.87. The molecular weight excluding hydrogens is 827 g/mol. The Bertz CT molecular complexity index is 4220. The Morgan fingerprint density at radius 1 is 0.309 bits per heavy atom.